The molecule has 0 fully saturated rings. The van der Waals surface area contributed by atoms with Gasteiger partial charge in [0.2, 0.25) is 0 Å². The highest BCUT2D eigenvalue weighted by molar-refractivity contribution is 8.00. The number of nitrogens with zero attached hydrogens (tertiary/aromatic N) is 3. The molecule has 0 spiro atoms. The normalized spacial score (nSPS) is 12.2. The molecular weight excluding hydrogens is 384 g/mol. The number of benzene rings is 2. The molecule has 0 aliphatic carbocycles. The van der Waals surface area contributed by atoms with E-state index < -0.39 is 0 Å². The summed E-state index contributed by atoms with van der Waals surface area (Å²) in [5, 5.41) is 10.1. The Morgan fingerprint density at radius 3 is 2.66 bits per heavy atom. The molecule has 29 heavy (non-hydrogen) atoms. The van der Waals surface area contributed by atoms with Gasteiger partial charge in [0, 0.05) is 34.8 Å². The number of carbonyl (C=O) groups is 1. The highest BCUT2D eigenvalue weighted by atomic mass is 32.2. The zero-order valence-corrected chi connectivity index (χ0v) is 17.4. The zero-order valence-electron chi connectivity index (χ0n) is 16.5. The number of ether oxygens (including phenoxy) is 1. The van der Waals surface area contributed by atoms with Gasteiger partial charge in [-0.3, -0.25) is 4.79 Å². The summed E-state index contributed by atoms with van der Waals surface area (Å²) < 4.78 is 7.26. The Hall–Kier alpha value is -3.06. The molecule has 148 valence electrons. The lowest BCUT2D eigenvalue weighted by atomic mass is 10.1. The summed E-state index contributed by atoms with van der Waals surface area (Å²) in [5.74, 6) is 1.65. The van der Waals surface area contributed by atoms with E-state index in [0.29, 0.717) is 12.1 Å². The van der Waals surface area contributed by atoms with Crippen LogP contribution in [0, 0.1) is 0 Å². The molecule has 0 saturated heterocycles. The van der Waals surface area contributed by atoms with Gasteiger partial charge >= 0.3 is 0 Å². The fraction of sp³-hybridized carbons (Fsp3) is 0.227. The summed E-state index contributed by atoms with van der Waals surface area (Å²) in [6.45, 7) is 4.67. The SMILES string of the molecule is CCn1c(S[C@@H](C)C(=O)c2c[nH]c3ccccc23)nnc1-c1ccc(OC)cc1. The average Bonchev–Trinajstić information content (AvgIpc) is 3.37. The van der Waals surface area contributed by atoms with Gasteiger partial charge < -0.3 is 14.3 Å². The van der Waals surface area contributed by atoms with Crippen molar-refractivity contribution in [2.24, 2.45) is 0 Å². The predicted molar refractivity (Wildman–Crippen MR) is 116 cm³/mol. The van der Waals surface area contributed by atoms with Gasteiger partial charge in [-0.15, -0.1) is 10.2 Å². The van der Waals surface area contributed by atoms with E-state index >= 15 is 0 Å². The number of rotatable bonds is 7. The van der Waals surface area contributed by atoms with Gasteiger partial charge in [-0.1, -0.05) is 30.0 Å². The van der Waals surface area contributed by atoms with E-state index in [1.54, 1.807) is 13.3 Å². The van der Waals surface area contributed by atoms with Crippen LogP contribution in [-0.2, 0) is 6.54 Å². The van der Waals surface area contributed by atoms with Crippen molar-refractivity contribution < 1.29 is 9.53 Å². The lowest BCUT2D eigenvalue weighted by Gasteiger charge is -2.11. The molecule has 1 N–H and O–H groups in total. The van der Waals surface area contributed by atoms with Crippen LogP contribution in [0.2, 0.25) is 0 Å². The second kappa shape index (κ2) is 8.13. The predicted octanol–water partition coefficient (Wildman–Crippen LogP) is 4.82. The molecule has 7 heteroatoms. The van der Waals surface area contributed by atoms with Crippen LogP contribution >= 0.6 is 11.8 Å². The van der Waals surface area contributed by atoms with Gasteiger partial charge in [0.05, 0.1) is 12.4 Å². The number of hydrogen-bond acceptors (Lipinski definition) is 5. The van der Waals surface area contributed by atoms with Crippen molar-refractivity contribution >= 4 is 28.4 Å². The second-order valence-electron chi connectivity index (χ2n) is 6.65. The molecule has 0 unspecified atom stereocenters. The Balaban J connectivity index is 1.58. The monoisotopic (exact) mass is 406 g/mol. The number of ketones is 1. The molecular formula is C22H22N4O2S. The maximum atomic E-state index is 13.1. The van der Waals surface area contributed by atoms with Crippen LogP contribution < -0.4 is 4.74 Å². The minimum Gasteiger partial charge on any atom is -0.497 e. The van der Waals surface area contributed by atoms with Crippen molar-refractivity contribution in [3.8, 4) is 17.1 Å². The highest BCUT2D eigenvalue weighted by Gasteiger charge is 2.23. The Morgan fingerprint density at radius 2 is 1.93 bits per heavy atom. The summed E-state index contributed by atoms with van der Waals surface area (Å²) in [4.78, 5) is 16.2. The number of carbonyl (C=O) groups excluding carboxylic acids is 1. The van der Waals surface area contributed by atoms with E-state index in [1.165, 1.54) is 11.8 Å². The summed E-state index contributed by atoms with van der Waals surface area (Å²) in [7, 11) is 1.64. The largest absolute Gasteiger partial charge is 0.497 e. The number of para-hydroxylation sites is 1. The van der Waals surface area contributed by atoms with E-state index in [9.17, 15) is 4.79 Å². The fourth-order valence-electron chi connectivity index (χ4n) is 3.32. The standard InChI is InChI=1S/C22H22N4O2S/c1-4-26-21(15-9-11-16(28-3)12-10-15)24-25-22(26)29-14(2)20(27)18-13-23-19-8-6-5-7-17(18)19/h5-14,23H,4H2,1-3H3/t14-/m0/s1. The van der Waals surface area contributed by atoms with Crippen LogP contribution in [0.5, 0.6) is 5.75 Å². The molecule has 4 rings (SSSR count). The van der Waals surface area contributed by atoms with Crippen molar-refractivity contribution in [3.05, 3.63) is 60.3 Å². The molecule has 4 aromatic rings. The molecule has 0 aliphatic heterocycles. The molecule has 6 nitrogen and oxygen atoms in total. The molecule has 0 amide bonds. The number of nitrogens with one attached hydrogen (secondary N) is 1. The maximum Gasteiger partial charge on any atom is 0.192 e. The Labute approximate surface area is 173 Å². The molecule has 0 aliphatic rings. The van der Waals surface area contributed by atoms with E-state index in [2.05, 4.69) is 15.2 Å². The van der Waals surface area contributed by atoms with Gasteiger partial charge in [0.25, 0.3) is 0 Å². The van der Waals surface area contributed by atoms with Crippen LogP contribution in [-0.4, -0.2) is 37.9 Å². The van der Waals surface area contributed by atoms with Crippen LogP contribution in [0.1, 0.15) is 24.2 Å². The quantitative estimate of drug-likeness (QED) is 0.352. The molecule has 2 aromatic carbocycles. The number of aromatic nitrogens is 4. The van der Waals surface area contributed by atoms with E-state index in [4.69, 9.17) is 4.74 Å². The number of thioether (sulfide) groups is 1. The minimum absolute atomic E-state index is 0.0732. The van der Waals surface area contributed by atoms with E-state index in [-0.39, 0.29) is 11.0 Å². The topological polar surface area (TPSA) is 72.8 Å². The van der Waals surface area contributed by atoms with Crippen LogP contribution in [0.4, 0.5) is 0 Å². The lowest BCUT2D eigenvalue weighted by molar-refractivity contribution is 0.0995. The summed E-state index contributed by atoms with van der Waals surface area (Å²) in [5.41, 5.74) is 2.63. The molecule has 0 radical (unpaired) electrons. The van der Waals surface area contributed by atoms with Gasteiger partial charge in [-0.25, -0.2) is 0 Å². The van der Waals surface area contributed by atoms with Crippen LogP contribution in [0.15, 0.2) is 59.9 Å². The van der Waals surface area contributed by atoms with Crippen molar-refractivity contribution in [2.45, 2.75) is 30.8 Å². The average molecular weight is 407 g/mol. The summed E-state index contributed by atoms with van der Waals surface area (Å²) >= 11 is 1.43. The second-order valence-corrected chi connectivity index (χ2v) is 7.96. The first-order valence-corrected chi connectivity index (χ1v) is 10.3. The third kappa shape index (κ3) is 3.65. The number of aromatic amines is 1. The summed E-state index contributed by atoms with van der Waals surface area (Å²) in [6.07, 6.45) is 1.79. The molecule has 2 heterocycles. The van der Waals surface area contributed by atoms with Crippen LogP contribution in [0.25, 0.3) is 22.3 Å². The maximum absolute atomic E-state index is 13.1. The molecule has 0 bridgehead atoms. The van der Waals surface area contributed by atoms with Gasteiger partial charge in [0.1, 0.15) is 5.75 Å². The van der Waals surface area contributed by atoms with Crippen molar-refractivity contribution in [2.75, 3.05) is 7.11 Å². The Morgan fingerprint density at radius 1 is 1.17 bits per heavy atom. The van der Waals surface area contributed by atoms with Gasteiger partial charge in [0.15, 0.2) is 16.8 Å². The lowest BCUT2D eigenvalue weighted by Crippen LogP contribution is -2.14. The summed E-state index contributed by atoms with van der Waals surface area (Å²) in [6, 6.07) is 15.6. The van der Waals surface area contributed by atoms with E-state index in [0.717, 1.165) is 33.2 Å². The Kier molecular flexibility index (Phi) is 5.40. The molecule has 2 aromatic heterocycles. The smallest absolute Gasteiger partial charge is 0.192 e. The number of hydrogen-bond donors (Lipinski definition) is 1. The number of Topliss-reactive ketones (excluding diaryl/α,β-unsaturated/α-hetero) is 1. The third-order valence-electron chi connectivity index (χ3n) is 4.89. The zero-order chi connectivity index (χ0) is 20.4. The van der Waals surface area contributed by atoms with Crippen molar-refractivity contribution in [1.82, 2.24) is 19.7 Å². The number of fused-ring (bicyclic) bond motifs is 1. The highest BCUT2D eigenvalue weighted by Crippen LogP contribution is 2.30. The fourth-order valence-corrected chi connectivity index (χ4v) is 4.30. The van der Waals surface area contributed by atoms with Gasteiger partial charge in [-0.05, 0) is 44.2 Å². The first-order chi connectivity index (χ1) is 14.1. The first kappa shape index (κ1) is 19.3. The minimum atomic E-state index is -0.285. The van der Waals surface area contributed by atoms with Crippen molar-refractivity contribution in [3.63, 3.8) is 0 Å². The number of methoxy groups -OCH3 is 1. The van der Waals surface area contributed by atoms with Crippen LogP contribution in [0.3, 0.4) is 0 Å². The Bertz CT molecular complexity index is 1150. The van der Waals surface area contributed by atoms with E-state index in [1.807, 2.05) is 66.9 Å². The number of H-pyrrole nitrogens is 1. The van der Waals surface area contributed by atoms with Crippen molar-refractivity contribution in [1.29, 1.82) is 0 Å². The third-order valence-corrected chi connectivity index (χ3v) is 5.97. The molecule has 1 atom stereocenters. The van der Waals surface area contributed by atoms with Gasteiger partial charge in [-0.2, -0.15) is 0 Å². The molecule has 0 saturated carbocycles. The first-order valence-electron chi connectivity index (χ1n) is 9.47.